The van der Waals surface area contributed by atoms with Crippen molar-refractivity contribution in [3.63, 3.8) is 0 Å². The van der Waals surface area contributed by atoms with Gasteiger partial charge in [0.15, 0.2) is 0 Å². The Morgan fingerprint density at radius 1 is 1.05 bits per heavy atom. The molecule has 0 aromatic carbocycles. The molecule has 0 amide bonds. The van der Waals surface area contributed by atoms with Gasteiger partial charge in [-0.3, -0.25) is 4.90 Å². The van der Waals surface area contributed by atoms with Crippen molar-refractivity contribution in [3.05, 3.63) is 0 Å². The van der Waals surface area contributed by atoms with Gasteiger partial charge in [0.1, 0.15) is 0 Å². The van der Waals surface area contributed by atoms with Crippen LogP contribution in [0.5, 0.6) is 0 Å². The Balaban J connectivity index is 1.47. The Bertz CT molecular complexity index is 268. The molecule has 3 aliphatic rings. The molecule has 0 radical (unpaired) electrons. The highest BCUT2D eigenvalue weighted by Gasteiger charge is 2.36. The molecule has 2 aliphatic carbocycles. The summed E-state index contributed by atoms with van der Waals surface area (Å²) in [5.41, 5.74) is 0. The largest absolute Gasteiger partial charge is 0.311 e. The lowest BCUT2D eigenvalue weighted by atomic mass is 9.86. The number of nitrogens with zero attached hydrogens (tertiary/aromatic N) is 1. The summed E-state index contributed by atoms with van der Waals surface area (Å²) in [7, 11) is 0. The molecule has 0 aromatic heterocycles. The van der Waals surface area contributed by atoms with Crippen LogP contribution in [-0.2, 0) is 0 Å². The van der Waals surface area contributed by atoms with Crippen LogP contribution in [-0.4, -0.2) is 36.6 Å². The van der Waals surface area contributed by atoms with E-state index >= 15 is 0 Å². The standard InChI is InChI=1S/C17H32N2/c1-2-16-12-18-17(15-8-9-15)13-19(16)11-10-14-6-4-3-5-7-14/h14-18H,2-13H2,1H3. The van der Waals surface area contributed by atoms with E-state index in [1.807, 2.05) is 0 Å². The fourth-order valence-corrected chi connectivity index (χ4v) is 4.20. The Morgan fingerprint density at radius 3 is 2.53 bits per heavy atom. The number of nitrogens with one attached hydrogen (secondary N) is 1. The summed E-state index contributed by atoms with van der Waals surface area (Å²) in [5, 5.41) is 3.81. The minimum absolute atomic E-state index is 0.804. The monoisotopic (exact) mass is 264 g/mol. The molecule has 0 spiro atoms. The lowest BCUT2D eigenvalue weighted by Crippen LogP contribution is -2.57. The van der Waals surface area contributed by atoms with E-state index in [4.69, 9.17) is 0 Å². The predicted octanol–water partition coefficient (Wildman–Crippen LogP) is 3.42. The van der Waals surface area contributed by atoms with E-state index in [9.17, 15) is 0 Å². The maximum Gasteiger partial charge on any atom is 0.0224 e. The van der Waals surface area contributed by atoms with Gasteiger partial charge in [-0.15, -0.1) is 0 Å². The van der Waals surface area contributed by atoms with E-state index in [1.165, 1.54) is 77.4 Å². The Hall–Kier alpha value is -0.0800. The molecule has 2 heteroatoms. The van der Waals surface area contributed by atoms with Crippen LogP contribution >= 0.6 is 0 Å². The average molecular weight is 264 g/mol. The summed E-state index contributed by atoms with van der Waals surface area (Å²) in [6.07, 6.45) is 13.2. The molecule has 1 heterocycles. The van der Waals surface area contributed by atoms with Gasteiger partial charge in [0.05, 0.1) is 0 Å². The molecule has 0 aromatic rings. The lowest BCUT2D eigenvalue weighted by Gasteiger charge is -2.41. The highest BCUT2D eigenvalue weighted by atomic mass is 15.2. The van der Waals surface area contributed by atoms with Crippen molar-refractivity contribution in [1.82, 2.24) is 10.2 Å². The molecule has 3 rings (SSSR count). The van der Waals surface area contributed by atoms with Crippen molar-refractivity contribution in [1.29, 1.82) is 0 Å². The first-order valence-electron chi connectivity index (χ1n) is 8.84. The van der Waals surface area contributed by atoms with Crippen LogP contribution < -0.4 is 5.32 Å². The van der Waals surface area contributed by atoms with E-state index < -0.39 is 0 Å². The van der Waals surface area contributed by atoms with E-state index in [2.05, 4.69) is 17.1 Å². The second-order valence-corrected chi connectivity index (χ2v) is 7.20. The van der Waals surface area contributed by atoms with Gasteiger partial charge >= 0.3 is 0 Å². The molecular weight excluding hydrogens is 232 g/mol. The molecule has 110 valence electrons. The van der Waals surface area contributed by atoms with Crippen molar-refractivity contribution in [2.75, 3.05) is 19.6 Å². The molecular formula is C17H32N2. The Morgan fingerprint density at radius 2 is 1.84 bits per heavy atom. The Kier molecular flexibility index (Phi) is 4.81. The summed E-state index contributed by atoms with van der Waals surface area (Å²) in [4.78, 5) is 2.83. The van der Waals surface area contributed by atoms with Gasteiger partial charge in [-0.05, 0) is 44.1 Å². The molecule has 2 nitrogen and oxygen atoms in total. The normalized spacial score (nSPS) is 34.6. The van der Waals surface area contributed by atoms with Gasteiger partial charge in [-0.1, -0.05) is 39.0 Å². The number of hydrogen-bond donors (Lipinski definition) is 1. The topological polar surface area (TPSA) is 15.3 Å². The second kappa shape index (κ2) is 6.58. The van der Waals surface area contributed by atoms with Crippen LogP contribution in [0.2, 0.25) is 0 Å². The maximum atomic E-state index is 3.81. The van der Waals surface area contributed by atoms with Crippen LogP contribution in [0, 0.1) is 11.8 Å². The van der Waals surface area contributed by atoms with Crippen LogP contribution in [0.3, 0.4) is 0 Å². The van der Waals surface area contributed by atoms with Gasteiger partial charge in [-0.25, -0.2) is 0 Å². The van der Waals surface area contributed by atoms with Crippen molar-refractivity contribution < 1.29 is 0 Å². The fraction of sp³-hybridized carbons (Fsp3) is 1.00. The third kappa shape index (κ3) is 3.72. The molecule has 19 heavy (non-hydrogen) atoms. The van der Waals surface area contributed by atoms with Gasteiger partial charge in [0.2, 0.25) is 0 Å². The van der Waals surface area contributed by atoms with Gasteiger partial charge in [0.25, 0.3) is 0 Å². The van der Waals surface area contributed by atoms with E-state index in [1.54, 1.807) is 0 Å². The molecule has 2 atom stereocenters. The van der Waals surface area contributed by atoms with E-state index in [-0.39, 0.29) is 0 Å². The lowest BCUT2D eigenvalue weighted by molar-refractivity contribution is 0.108. The molecule has 1 aliphatic heterocycles. The van der Waals surface area contributed by atoms with Gasteiger partial charge in [-0.2, -0.15) is 0 Å². The minimum Gasteiger partial charge on any atom is -0.311 e. The molecule has 2 saturated carbocycles. The third-order valence-electron chi connectivity index (χ3n) is 5.77. The van der Waals surface area contributed by atoms with Crippen molar-refractivity contribution >= 4 is 0 Å². The van der Waals surface area contributed by atoms with E-state index in [0.29, 0.717) is 0 Å². The summed E-state index contributed by atoms with van der Waals surface area (Å²) in [6.45, 7) is 6.30. The first-order valence-corrected chi connectivity index (χ1v) is 8.84. The second-order valence-electron chi connectivity index (χ2n) is 7.20. The molecule has 1 N–H and O–H groups in total. The van der Waals surface area contributed by atoms with Crippen molar-refractivity contribution in [2.24, 2.45) is 11.8 Å². The smallest absolute Gasteiger partial charge is 0.0224 e. The number of piperazine rings is 1. The summed E-state index contributed by atoms with van der Waals surface area (Å²) >= 11 is 0. The zero-order valence-corrected chi connectivity index (χ0v) is 12.7. The van der Waals surface area contributed by atoms with Crippen LogP contribution in [0.25, 0.3) is 0 Å². The third-order valence-corrected chi connectivity index (χ3v) is 5.77. The highest BCUT2D eigenvalue weighted by molar-refractivity contribution is 4.94. The van der Waals surface area contributed by atoms with Gasteiger partial charge in [0, 0.05) is 25.2 Å². The molecule has 3 fully saturated rings. The highest BCUT2D eigenvalue weighted by Crippen LogP contribution is 2.35. The number of rotatable bonds is 5. The summed E-state index contributed by atoms with van der Waals surface area (Å²) < 4.78 is 0. The minimum atomic E-state index is 0.804. The zero-order valence-electron chi connectivity index (χ0n) is 12.7. The Labute approximate surface area is 119 Å². The number of hydrogen-bond acceptors (Lipinski definition) is 2. The van der Waals surface area contributed by atoms with Crippen LogP contribution in [0.15, 0.2) is 0 Å². The maximum absolute atomic E-state index is 3.81. The summed E-state index contributed by atoms with van der Waals surface area (Å²) in [6, 6.07) is 1.62. The average Bonchev–Trinajstić information content (AvgIpc) is 3.30. The first kappa shape index (κ1) is 13.9. The van der Waals surface area contributed by atoms with E-state index in [0.717, 1.165) is 23.9 Å². The molecule has 2 unspecified atom stereocenters. The van der Waals surface area contributed by atoms with Crippen molar-refractivity contribution in [3.8, 4) is 0 Å². The predicted molar refractivity (Wildman–Crippen MR) is 81.4 cm³/mol. The van der Waals surface area contributed by atoms with Crippen molar-refractivity contribution in [2.45, 2.75) is 76.8 Å². The van der Waals surface area contributed by atoms with Crippen LogP contribution in [0.1, 0.15) is 64.7 Å². The quantitative estimate of drug-likeness (QED) is 0.818. The fourth-order valence-electron chi connectivity index (χ4n) is 4.20. The molecule has 1 saturated heterocycles. The summed E-state index contributed by atoms with van der Waals surface area (Å²) in [5.74, 6) is 2.05. The zero-order chi connectivity index (χ0) is 13.1. The first-order chi connectivity index (χ1) is 9.36. The SMILES string of the molecule is CCC1CNC(C2CC2)CN1CCC1CCCCC1. The molecule has 0 bridgehead atoms. The van der Waals surface area contributed by atoms with Crippen LogP contribution in [0.4, 0.5) is 0 Å². The van der Waals surface area contributed by atoms with Gasteiger partial charge < -0.3 is 5.32 Å².